The van der Waals surface area contributed by atoms with Gasteiger partial charge in [-0.15, -0.1) is 0 Å². The summed E-state index contributed by atoms with van der Waals surface area (Å²) in [5.41, 5.74) is 0.393. The predicted octanol–water partition coefficient (Wildman–Crippen LogP) is 2.95. The number of piperazine rings is 1. The monoisotopic (exact) mass is 391 g/mol. The molecule has 0 unspecified atom stereocenters. The zero-order chi connectivity index (χ0) is 20.5. The Morgan fingerprint density at radius 3 is 2.46 bits per heavy atom. The molecule has 8 nitrogen and oxygen atoms in total. The Kier molecular flexibility index (Phi) is 5.58. The lowest BCUT2D eigenvalue weighted by molar-refractivity contribution is -0.00545. The summed E-state index contributed by atoms with van der Waals surface area (Å²) in [4.78, 5) is 28.6. The van der Waals surface area contributed by atoms with Gasteiger partial charge in [-0.1, -0.05) is 6.07 Å². The maximum atomic E-state index is 12.7. The van der Waals surface area contributed by atoms with E-state index >= 15 is 0 Å². The molecule has 0 radical (unpaired) electrons. The van der Waals surface area contributed by atoms with Gasteiger partial charge in [0.1, 0.15) is 5.60 Å². The van der Waals surface area contributed by atoms with Crippen molar-refractivity contribution in [3.63, 3.8) is 0 Å². The van der Waals surface area contributed by atoms with Crippen LogP contribution in [0.15, 0.2) is 18.2 Å². The zero-order valence-corrected chi connectivity index (χ0v) is 17.2. The Balaban J connectivity index is 1.56. The van der Waals surface area contributed by atoms with Gasteiger partial charge in [0.05, 0.1) is 12.1 Å². The van der Waals surface area contributed by atoms with Crippen LogP contribution in [0.25, 0.3) is 0 Å². The molecule has 3 amide bonds. The maximum Gasteiger partial charge on any atom is 0.410 e. The van der Waals surface area contributed by atoms with Gasteiger partial charge in [-0.2, -0.15) is 0 Å². The van der Waals surface area contributed by atoms with E-state index in [1.807, 2.05) is 52.8 Å². The minimum absolute atomic E-state index is 0.127. The molecule has 154 valence electrons. The van der Waals surface area contributed by atoms with Crippen molar-refractivity contribution in [1.29, 1.82) is 0 Å². The van der Waals surface area contributed by atoms with Crippen LogP contribution in [0.5, 0.6) is 11.5 Å². The van der Waals surface area contributed by atoms with Crippen molar-refractivity contribution in [3.05, 3.63) is 23.8 Å². The molecule has 0 bridgehead atoms. The average molecular weight is 391 g/mol. The van der Waals surface area contributed by atoms with Gasteiger partial charge in [-0.05, 0) is 52.3 Å². The van der Waals surface area contributed by atoms with Crippen LogP contribution in [0.4, 0.5) is 9.59 Å². The van der Waals surface area contributed by atoms with Gasteiger partial charge >= 0.3 is 12.1 Å². The highest BCUT2D eigenvalue weighted by Gasteiger charge is 2.37. The number of ether oxygens (including phenoxy) is 3. The molecule has 0 saturated carbocycles. The molecule has 2 atom stereocenters. The normalized spacial score (nSPS) is 21.5. The van der Waals surface area contributed by atoms with Gasteiger partial charge in [-0.3, -0.25) is 0 Å². The van der Waals surface area contributed by atoms with Crippen LogP contribution < -0.4 is 14.8 Å². The highest BCUT2D eigenvalue weighted by Crippen LogP contribution is 2.32. The van der Waals surface area contributed by atoms with Gasteiger partial charge in [0, 0.05) is 19.6 Å². The van der Waals surface area contributed by atoms with Crippen molar-refractivity contribution in [2.45, 2.75) is 58.8 Å². The molecule has 0 spiro atoms. The number of hydrogen-bond acceptors (Lipinski definition) is 5. The molecule has 1 saturated heterocycles. The van der Waals surface area contributed by atoms with Gasteiger partial charge in [0.25, 0.3) is 0 Å². The molecule has 1 aromatic carbocycles. The molecule has 1 fully saturated rings. The Bertz CT molecular complexity index is 746. The number of urea groups is 1. The molecule has 8 heteroatoms. The molecule has 1 N–H and O–H groups in total. The van der Waals surface area contributed by atoms with E-state index in [1.54, 1.807) is 9.80 Å². The molecule has 28 heavy (non-hydrogen) atoms. The van der Waals surface area contributed by atoms with E-state index in [9.17, 15) is 9.59 Å². The van der Waals surface area contributed by atoms with E-state index in [0.717, 1.165) is 11.3 Å². The second-order valence-electron chi connectivity index (χ2n) is 8.19. The predicted molar refractivity (Wildman–Crippen MR) is 103 cm³/mol. The SMILES string of the molecule is C[C@@H]1[C@@H](C)N(C(=O)OC(C)(C)C)CCN1C(=O)NCc1ccc2c(c1)OCO2. The van der Waals surface area contributed by atoms with E-state index in [0.29, 0.717) is 25.4 Å². The number of hydrogen-bond donors (Lipinski definition) is 1. The first-order chi connectivity index (χ1) is 13.2. The zero-order valence-electron chi connectivity index (χ0n) is 17.2. The first-order valence-corrected chi connectivity index (χ1v) is 9.58. The Labute approximate surface area is 165 Å². The molecular formula is C20H29N3O5. The molecule has 0 aromatic heterocycles. The lowest BCUT2D eigenvalue weighted by atomic mass is 10.1. The summed E-state index contributed by atoms with van der Waals surface area (Å²) in [5, 5.41) is 2.95. The van der Waals surface area contributed by atoms with Gasteiger partial charge in [-0.25, -0.2) is 9.59 Å². The van der Waals surface area contributed by atoms with E-state index in [1.165, 1.54) is 0 Å². The van der Waals surface area contributed by atoms with Crippen LogP contribution in [0.3, 0.4) is 0 Å². The summed E-state index contributed by atoms with van der Waals surface area (Å²) in [7, 11) is 0. The molecule has 2 aliphatic rings. The highest BCUT2D eigenvalue weighted by atomic mass is 16.7. The fourth-order valence-electron chi connectivity index (χ4n) is 3.34. The number of nitrogens with one attached hydrogen (secondary N) is 1. The minimum Gasteiger partial charge on any atom is -0.454 e. The summed E-state index contributed by atoms with van der Waals surface area (Å²) in [6, 6.07) is 5.20. The number of rotatable bonds is 2. The number of carbonyl (C=O) groups is 2. The average Bonchev–Trinajstić information content (AvgIpc) is 3.08. The number of amides is 3. The summed E-state index contributed by atoms with van der Waals surface area (Å²) in [6.45, 7) is 10.9. The minimum atomic E-state index is -0.542. The first kappa shape index (κ1) is 20.1. The van der Waals surface area contributed by atoms with E-state index < -0.39 is 5.60 Å². The second-order valence-corrected chi connectivity index (χ2v) is 8.19. The van der Waals surface area contributed by atoms with E-state index in [4.69, 9.17) is 14.2 Å². The quantitative estimate of drug-likeness (QED) is 0.838. The van der Waals surface area contributed by atoms with Crippen LogP contribution in [0.2, 0.25) is 0 Å². The third kappa shape index (κ3) is 4.43. The molecule has 0 aliphatic carbocycles. The smallest absolute Gasteiger partial charge is 0.410 e. The van der Waals surface area contributed by atoms with Crippen molar-refractivity contribution in [3.8, 4) is 11.5 Å². The van der Waals surface area contributed by atoms with Gasteiger partial charge in [0.2, 0.25) is 6.79 Å². The standard InChI is InChI=1S/C20H29N3O5/c1-13-14(2)23(19(25)28-20(3,4)5)9-8-22(13)18(24)21-11-15-6-7-16-17(10-15)27-12-26-16/h6-7,10,13-14H,8-9,11-12H2,1-5H3,(H,21,24)/t13-,14-/m1/s1. The largest absolute Gasteiger partial charge is 0.454 e. The van der Waals surface area contributed by atoms with Gasteiger partial charge < -0.3 is 29.3 Å². The summed E-state index contributed by atoms with van der Waals surface area (Å²) < 4.78 is 16.1. The maximum absolute atomic E-state index is 12.7. The molecular weight excluding hydrogens is 362 g/mol. The van der Waals surface area contributed by atoms with Crippen LogP contribution in [-0.2, 0) is 11.3 Å². The third-order valence-corrected chi connectivity index (χ3v) is 5.03. The number of benzene rings is 1. The fraction of sp³-hybridized carbons (Fsp3) is 0.600. The van der Waals surface area contributed by atoms with Crippen LogP contribution >= 0.6 is 0 Å². The Morgan fingerprint density at radius 1 is 1.11 bits per heavy atom. The number of carbonyl (C=O) groups excluding carboxylic acids is 2. The summed E-state index contributed by atoms with van der Waals surface area (Å²) >= 11 is 0. The topological polar surface area (TPSA) is 80.3 Å². The third-order valence-electron chi connectivity index (χ3n) is 5.03. The summed E-state index contributed by atoms with van der Waals surface area (Å²) in [6.07, 6.45) is -0.340. The fourth-order valence-corrected chi connectivity index (χ4v) is 3.34. The van der Waals surface area contributed by atoms with Crippen molar-refractivity contribution in [2.24, 2.45) is 0 Å². The Hall–Kier alpha value is -2.64. The van der Waals surface area contributed by atoms with Crippen molar-refractivity contribution in [1.82, 2.24) is 15.1 Å². The van der Waals surface area contributed by atoms with Crippen molar-refractivity contribution in [2.75, 3.05) is 19.9 Å². The van der Waals surface area contributed by atoms with Crippen LogP contribution in [0, 0.1) is 0 Å². The molecule has 2 heterocycles. The molecule has 3 rings (SSSR count). The van der Waals surface area contributed by atoms with Crippen LogP contribution in [-0.4, -0.2) is 59.5 Å². The first-order valence-electron chi connectivity index (χ1n) is 9.58. The second kappa shape index (κ2) is 7.77. The van der Waals surface area contributed by atoms with Crippen molar-refractivity contribution >= 4 is 12.1 Å². The molecule has 2 aliphatic heterocycles. The summed E-state index contributed by atoms with van der Waals surface area (Å²) in [5.74, 6) is 1.41. The van der Waals surface area contributed by atoms with Crippen LogP contribution in [0.1, 0.15) is 40.2 Å². The number of fused-ring (bicyclic) bond motifs is 1. The lowest BCUT2D eigenvalue weighted by Gasteiger charge is -2.44. The number of nitrogens with zero attached hydrogens (tertiary/aromatic N) is 2. The van der Waals surface area contributed by atoms with Gasteiger partial charge in [0.15, 0.2) is 11.5 Å². The lowest BCUT2D eigenvalue weighted by Crippen LogP contribution is -2.62. The van der Waals surface area contributed by atoms with Crippen molar-refractivity contribution < 1.29 is 23.8 Å². The van der Waals surface area contributed by atoms with E-state index in [-0.39, 0.29) is 31.0 Å². The van der Waals surface area contributed by atoms with E-state index in [2.05, 4.69) is 5.32 Å². The Morgan fingerprint density at radius 2 is 1.75 bits per heavy atom. The highest BCUT2D eigenvalue weighted by molar-refractivity contribution is 5.75. The molecule has 1 aromatic rings.